The van der Waals surface area contributed by atoms with Gasteiger partial charge in [-0.25, -0.2) is 0 Å². The highest BCUT2D eigenvalue weighted by Gasteiger charge is 2.61. The Morgan fingerprint density at radius 2 is 1.71 bits per heavy atom. The molecule has 14 heavy (non-hydrogen) atoms. The maximum Gasteiger partial charge on any atom is 0.499 e. The smallest absolute Gasteiger partial charge is 0.425 e. The van der Waals surface area contributed by atoms with Gasteiger partial charge in [-0.1, -0.05) is 18.2 Å². The number of halogens is 5. The molecule has 0 spiro atoms. The third-order valence-electron chi connectivity index (χ3n) is 1.25. The minimum atomic E-state index is -5.73. The van der Waals surface area contributed by atoms with Crippen LogP contribution in [0.25, 0.3) is 0 Å². The first-order valence-electron chi connectivity index (χ1n) is 3.43. The second kappa shape index (κ2) is 3.43. The Hall–Kier alpha value is -1.33. The number of hydrogen-bond acceptors (Lipinski definition) is 1. The minimum Gasteiger partial charge on any atom is -0.425 e. The lowest BCUT2D eigenvalue weighted by molar-refractivity contribution is -0.360. The van der Waals surface area contributed by atoms with Gasteiger partial charge in [-0.15, -0.1) is 0 Å². The average molecular weight is 211 g/mol. The summed E-state index contributed by atoms with van der Waals surface area (Å²) in [5.74, 6) is -0.658. The van der Waals surface area contributed by atoms with E-state index >= 15 is 0 Å². The molecule has 0 unspecified atom stereocenters. The largest absolute Gasteiger partial charge is 0.499 e. The van der Waals surface area contributed by atoms with E-state index < -0.39 is 18.0 Å². The third kappa shape index (κ3) is 2.34. The summed E-state index contributed by atoms with van der Waals surface area (Å²) in [6.45, 7) is 0. The zero-order chi connectivity index (χ0) is 10.8. The first-order chi connectivity index (χ1) is 6.33. The summed E-state index contributed by atoms with van der Waals surface area (Å²) in [6, 6.07) is 6.90. The maximum absolute atomic E-state index is 12.2. The zero-order valence-electron chi connectivity index (χ0n) is 6.61. The molecule has 1 aromatic rings. The van der Waals surface area contributed by atoms with Crippen LogP contribution in [0.3, 0.4) is 0 Å². The topological polar surface area (TPSA) is 9.23 Å². The molecule has 1 rings (SSSR count). The Morgan fingerprint density at radius 3 is 2.14 bits per heavy atom. The van der Waals surface area contributed by atoms with Crippen molar-refractivity contribution in [3.8, 4) is 5.75 Å². The lowest BCUT2D eigenvalue weighted by Gasteiger charge is -2.19. The number of alkyl halides is 5. The van der Waals surface area contributed by atoms with Crippen LogP contribution in [0.4, 0.5) is 22.0 Å². The minimum absolute atomic E-state index is 0.658. The molecular formula is C8H4F5O. The molecule has 1 nitrogen and oxygen atoms in total. The van der Waals surface area contributed by atoms with Crippen LogP contribution >= 0.6 is 0 Å². The van der Waals surface area contributed by atoms with Crippen LogP contribution in [0.1, 0.15) is 0 Å². The summed E-state index contributed by atoms with van der Waals surface area (Å²) < 4.78 is 62.8. The summed E-state index contributed by atoms with van der Waals surface area (Å²) >= 11 is 0. The monoisotopic (exact) mass is 211 g/mol. The number of rotatable bonds is 2. The van der Waals surface area contributed by atoms with Crippen molar-refractivity contribution < 1.29 is 26.7 Å². The number of ether oxygens (including phenoxy) is 1. The fourth-order valence-corrected chi connectivity index (χ4v) is 0.636. The zero-order valence-corrected chi connectivity index (χ0v) is 6.61. The van der Waals surface area contributed by atoms with E-state index in [1.54, 1.807) is 0 Å². The highest BCUT2D eigenvalue weighted by Crippen LogP contribution is 2.36. The summed E-state index contributed by atoms with van der Waals surface area (Å²) in [7, 11) is 0. The Kier molecular flexibility index (Phi) is 2.64. The summed E-state index contributed by atoms with van der Waals surface area (Å²) in [5.41, 5.74) is 0. The predicted molar refractivity (Wildman–Crippen MR) is 36.9 cm³/mol. The number of para-hydroxylation sites is 1. The van der Waals surface area contributed by atoms with Gasteiger partial charge in [0.25, 0.3) is 0 Å². The van der Waals surface area contributed by atoms with Crippen LogP contribution in [0.5, 0.6) is 5.75 Å². The van der Waals surface area contributed by atoms with E-state index in [4.69, 9.17) is 0 Å². The van der Waals surface area contributed by atoms with Gasteiger partial charge in [0.15, 0.2) is 0 Å². The molecule has 0 aliphatic rings. The molecule has 0 bridgehead atoms. The van der Waals surface area contributed by atoms with Crippen molar-refractivity contribution in [1.82, 2.24) is 0 Å². The second-order valence-electron chi connectivity index (χ2n) is 2.34. The predicted octanol–water partition coefficient (Wildman–Crippen LogP) is 3.02. The molecule has 1 aromatic carbocycles. The van der Waals surface area contributed by atoms with Crippen molar-refractivity contribution in [1.29, 1.82) is 0 Å². The van der Waals surface area contributed by atoms with Crippen molar-refractivity contribution in [3.05, 3.63) is 30.3 Å². The van der Waals surface area contributed by atoms with Gasteiger partial charge in [0, 0.05) is 6.07 Å². The van der Waals surface area contributed by atoms with E-state index in [0.717, 1.165) is 6.07 Å². The lowest BCUT2D eigenvalue weighted by atomic mass is 10.3. The quantitative estimate of drug-likeness (QED) is 0.683. The van der Waals surface area contributed by atoms with Gasteiger partial charge in [0.1, 0.15) is 5.75 Å². The molecule has 0 heterocycles. The molecule has 0 N–H and O–H groups in total. The van der Waals surface area contributed by atoms with Crippen LogP contribution in [0.15, 0.2) is 24.3 Å². The van der Waals surface area contributed by atoms with Gasteiger partial charge in [-0.3, -0.25) is 0 Å². The van der Waals surface area contributed by atoms with Crippen LogP contribution < -0.4 is 4.74 Å². The van der Waals surface area contributed by atoms with Crippen molar-refractivity contribution in [2.45, 2.75) is 12.3 Å². The van der Waals surface area contributed by atoms with Crippen LogP contribution in [-0.4, -0.2) is 12.3 Å². The SMILES string of the molecule is FC(F)(F)C(F)(F)Oc1[c]cccc1. The Balaban J connectivity index is 2.79. The van der Waals surface area contributed by atoms with Gasteiger partial charge < -0.3 is 4.74 Å². The lowest BCUT2D eigenvalue weighted by Crippen LogP contribution is -2.41. The summed E-state index contributed by atoms with van der Waals surface area (Å²) in [5, 5.41) is 0. The highest BCUT2D eigenvalue weighted by atomic mass is 19.4. The van der Waals surface area contributed by atoms with Crippen molar-refractivity contribution >= 4 is 0 Å². The molecule has 6 heteroatoms. The standard InChI is InChI=1S/C8H4F5O/c9-7(10,11)8(12,13)14-6-4-2-1-3-5-6/h1-4H. The van der Waals surface area contributed by atoms with Gasteiger partial charge in [0.05, 0.1) is 0 Å². The summed E-state index contributed by atoms with van der Waals surface area (Å²) in [6.07, 6.45) is -10.9. The average Bonchev–Trinajstić information content (AvgIpc) is 2.03. The van der Waals surface area contributed by atoms with Crippen LogP contribution in [0, 0.1) is 6.07 Å². The van der Waals surface area contributed by atoms with E-state index in [2.05, 4.69) is 10.8 Å². The fraction of sp³-hybridized carbons (Fsp3) is 0.250. The van der Waals surface area contributed by atoms with E-state index in [0.29, 0.717) is 0 Å². The maximum atomic E-state index is 12.2. The number of hydrogen-bond donors (Lipinski definition) is 0. The normalized spacial score (nSPS) is 12.6. The van der Waals surface area contributed by atoms with Crippen molar-refractivity contribution in [2.75, 3.05) is 0 Å². The van der Waals surface area contributed by atoms with Crippen molar-refractivity contribution in [2.24, 2.45) is 0 Å². The molecule has 0 saturated carbocycles. The molecule has 1 radical (unpaired) electrons. The molecule has 77 valence electrons. The molecule has 0 saturated heterocycles. The fourth-order valence-electron chi connectivity index (χ4n) is 0.636. The molecular weight excluding hydrogens is 207 g/mol. The van der Waals surface area contributed by atoms with Gasteiger partial charge in [0.2, 0.25) is 0 Å². The third-order valence-corrected chi connectivity index (χ3v) is 1.25. The van der Waals surface area contributed by atoms with Gasteiger partial charge in [-0.05, 0) is 6.07 Å². The highest BCUT2D eigenvalue weighted by molar-refractivity contribution is 5.19. The van der Waals surface area contributed by atoms with E-state index in [1.165, 1.54) is 18.2 Å². The molecule has 0 aliphatic carbocycles. The molecule has 0 amide bonds. The van der Waals surface area contributed by atoms with E-state index in [-0.39, 0.29) is 0 Å². The molecule has 0 aliphatic heterocycles. The Morgan fingerprint density at radius 1 is 1.07 bits per heavy atom. The molecule has 0 aromatic heterocycles. The second-order valence-corrected chi connectivity index (χ2v) is 2.34. The number of benzene rings is 1. The molecule has 0 atom stereocenters. The Labute approximate surface area is 76.1 Å². The van der Waals surface area contributed by atoms with E-state index in [1.807, 2.05) is 0 Å². The van der Waals surface area contributed by atoms with Crippen molar-refractivity contribution in [3.63, 3.8) is 0 Å². The van der Waals surface area contributed by atoms with E-state index in [9.17, 15) is 22.0 Å². The molecule has 0 fully saturated rings. The van der Waals surface area contributed by atoms with Gasteiger partial charge >= 0.3 is 12.3 Å². The van der Waals surface area contributed by atoms with Crippen LogP contribution in [0.2, 0.25) is 0 Å². The first-order valence-corrected chi connectivity index (χ1v) is 3.43. The van der Waals surface area contributed by atoms with Crippen LogP contribution in [-0.2, 0) is 0 Å². The van der Waals surface area contributed by atoms with Gasteiger partial charge in [-0.2, -0.15) is 22.0 Å². The first kappa shape index (κ1) is 10.7. The summed E-state index contributed by atoms with van der Waals surface area (Å²) in [4.78, 5) is 0. The Bertz CT molecular complexity index is 292.